The van der Waals surface area contributed by atoms with Crippen molar-refractivity contribution in [2.24, 2.45) is 45.5 Å². The summed E-state index contributed by atoms with van der Waals surface area (Å²) in [6.07, 6.45) is 0.733. The third-order valence-corrected chi connectivity index (χ3v) is 15.1. The summed E-state index contributed by atoms with van der Waals surface area (Å²) in [5, 5.41) is 58.6. The summed E-state index contributed by atoms with van der Waals surface area (Å²) in [5.41, 5.74) is 28.1. The minimum absolute atomic E-state index is 0.0181. The molecule has 0 aliphatic carbocycles. The van der Waals surface area contributed by atoms with E-state index < -0.39 is 175 Å². The molecule has 0 saturated carbocycles. The van der Waals surface area contributed by atoms with Crippen molar-refractivity contribution in [3.8, 4) is 0 Å². The largest absolute Gasteiger partial charge is 0.394 e. The molecular weight excluding hydrogens is 1230 g/mol. The molecule has 12 atom stereocenters. The minimum Gasteiger partial charge on any atom is -0.394 e. The Labute approximate surface area is 547 Å². The molecule has 1 saturated heterocycles. The van der Waals surface area contributed by atoms with E-state index in [1.807, 2.05) is 0 Å². The van der Waals surface area contributed by atoms with Crippen molar-refractivity contribution in [2.45, 2.75) is 198 Å². The van der Waals surface area contributed by atoms with Gasteiger partial charge in [0.2, 0.25) is 76.8 Å². The number of nitrogens with zero attached hydrogens (tertiary/aromatic N) is 2. The average molecular weight is 1330 g/mol. The number of carbonyl (C=O) groups is 13. The van der Waals surface area contributed by atoms with Gasteiger partial charge in [-0.25, -0.2) is 0 Å². The van der Waals surface area contributed by atoms with E-state index in [0.29, 0.717) is 44.2 Å². The van der Waals surface area contributed by atoms with Crippen LogP contribution in [0, 0.1) is 11.8 Å². The lowest BCUT2D eigenvalue weighted by Gasteiger charge is -2.29. The Morgan fingerprint density at radius 3 is 1.50 bits per heavy atom. The molecule has 1 aliphatic rings. The highest BCUT2D eigenvalue weighted by Gasteiger charge is 2.39. The third kappa shape index (κ3) is 29.1. The summed E-state index contributed by atoms with van der Waals surface area (Å²) in [7, 11) is 0. The van der Waals surface area contributed by atoms with E-state index in [4.69, 9.17) is 28.7 Å². The summed E-state index contributed by atoms with van der Waals surface area (Å²) < 4.78 is 0. The summed E-state index contributed by atoms with van der Waals surface area (Å²) in [6.45, 7) is 8.44. The molecule has 0 aromatic heterocycles. The molecule has 1 aromatic rings. The van der Waals surface area contributed by atoms with Gasteiger partial charge in [0.05, 0.1) is 25.9 Å². The number of nitrogens with two attached hydrogens (primary N) is 5. The molecule has 528 valence electrons. The SMILES string of the molecule is CC(=O)N[C@H](C(=O)N[C@@H](CCCCN)C(=O)N[C@H](C(=O)N[C@@H](CCCN=C(N)N)C(=O)N[C@@H](CO)C(=O)N[C@@H](Cc1ccccc1)C(=O)NCC(=O)N1CCC[C@H]1C(=O)N[C@@H](CC(C)C)C(=O)N[C@@H](CO)C(=O)N[C@@H](CCCCN)C(=O)N[C@@H](C)C(N)=O)C(C)C)[C@@H](C)O. The molecule has 34 nitrogen and oxygen atoms in total. The second kappa shape index (κ2) is 42.6. The van der Waals surface area contributed by atoms with Gasteiger partial charge in [0, 0.05) is 26.4 Å². The molecule has 13 amide bonds. The maximum Gasteiger partial charge on any atom is 0.245 e. The zero-order valence-corrected chi connectivity index (χ0v) is 54.8. The quantitative estimate of drug-likeness (QED) is 0.0164. The van der Waals surface area contributed by atoms with E-state index in [2.05, 4.69) is 63.5 Å². The molecule has 0 spiro atoms. The number of amides is 13. The Balaban J connectivity index is 2.34. The van der Waals surface area contributed by atoms with Gasteiger partial charge in [0.1, 0.15) is 66.5 Å². The van der Waals surface area contributed by atoms with Gasteiger partial charge in [-0.2, -0.15) is 0 Å². The van der Waals surface area contributed by atoms with Crippen LogP contribution in [0.15, 0.2) is 35.3 Å². The van der Waals surface area contributed by atoms with Crippen LogP contribution in [-0.2, 0) is 68.7 Å². The van der Waals surface area contributed by atoms with Crippen LogP contribution < -0.4 is 87.2 Å². The molecule has 0 radical (unpaired) electrons. The fourth-order valence-electron chi connectivity index (χ4n) is 9.85. The number of likely N-dealkylation sites (tertiary alicyclic amines) is 1. The fourth-order valence-corrected chi connectivity index (χ4v) is 9.85. The van der Waals surface area contributed by atoms with Crippen molar-refractivity contribution in [1.82, 2.24) is 63.4 Å². The highest BCUT2D eigenvalue weighted by molar-refractivity contribution is 5.99. The van der Waals surface area contributed by atoms with Crippen molar-refractivity contribution in [3.05, 3.63) is 35.9 Å². The summed E-state index contributed by atoms with van der Waals surface area (Å²) in [5.74, 6) is -12.1. The van der Waals surface area contributed by atoms with E-state index in [-0.39, 0.29) is 76.5 Å². The van der Waals surface area contributed by atoms with Crippen molar-refractivity contribution in [1.29, 1.82) is 0 Å². The number of carbonyl (C=O) groups excluding carboxylic acids is 13. The Morgan fingerprint density at radius 2 is 1.02 bits per heavy atom. The standard InChI is InChI=1S/C60H102N18O16/c1-32(2)27-41(54(89)76-43(30-79)55(90)70-38(19-11-13-23-61)51(86)68-34(5)49(63)84)74-57(92)45-22-16-26-78(45)46(83)29-67-50(85)42(28-37-17-9-8-10-18-37)73-56(91)44(31-80)75-52(87)40(21-15-25-66-60(64)65)71-58(93)47(33(3)4)77-53(88)39(20-12-14-24-62)72-59(94)48(35(6)81)69-36(7)82/h8-10,17-18,32-35,38-45,47-48,79-81H,11-16,19-31,61-62H2,1-7H3,(H2,63,84)(H,67,85)(H,68,86)(H,69,82)(H,70,90)(H,71,93)(H,72,94)(H,73,91)(H,74,92)(H,75,87)(H,76,89)(H,77,88)(H4,64,65,66)/t34-,35+,38-,39-,40-,41-,42-,43-,44-,45-,47-,48-/m0/s1. The molecule has 34 heteroatoms. The average Bonchev–Trinajstić information content (AvgIpc) is 1.34. The van der Waals surface area contributed by atoms with Crippen LogP contribution in [0.25, 0.3) is 0 Å². The lowest BCUT2D eigenvalue weighted by Crippen LogP contribution is -2.61. The lowest BCUT2D eigenvalue weighted by atomic mass is 10.00. The van der Waals surface area contributed by atoms with Gasteiger partial charge < -0.3 is 107 Å². The number of primary amides is 1. The van der Waals surface area contributed by atoms with Crippen LogP contribution in [-0.4, -0.2) is 221 Å². The van der Waals surface area contributed by atoms with Gasteiger partial charge in [0.25, 0.3) is 0 Å². The van der Waals surface area contributed by atoms with E-state index >= 15 is 0 Å². The number of hydrogen-bond donors (Lipinski definition) is 19. The predicted octanol–water partition coefficient (Wildman–Crippen LogP) is -6.91. The van der Waals surface area contributed by atoms with Crippen molar-refractivity contribution in [3.63, 3.8) is 0 Å². The topological polar surface area (TPSA) is 561 Å². The maximum atomic E-state index is 14.2. The molecule has 94 heavy (non-hydrogen) atoms. The maximum absolute atomic E-state index is 14.2. The molecule has 0 unspecified atom stereocenters. The number of aliphatic imine (C=N–C) groups is 1. The first kappa shape index (κ1) is 81.5. The number of aliphatic hydroxyl groups excluding tert-OH is 3. The van der Waals surface area contributed by atoms with Gasteiger partial charge in [-0.05, 0) is 115 Å². The van der Waals surface area contributed by atoms with Crippen LogP contribution in [0.1, 0.15) is 125 Å². The van der Waals surface area contributed by atoms with Crippen LogP contribution in [0.4, 0.5) is 0 Å². The number of unbranched alkanes of at least 4 members (excludes halogenated alkanes) is 2. The second-order valence-electron chi connectivity index (χ2n) is 23.9. The van der Waals surface area contributed by atoms with Crippen LogP contribution in [0.5, 0.6) is 0 Å². The summed E-state index contributed by atoms with van der Waals surface area (Å²) in [4.78, 5) is 181. The Hall–Kier alpha value is -8.60. The van der Waals surface area contributed by atoms with Crippen LogP contribution >= 0.6 is 0 Å². The highest BCUT2D eigenvalue weighted by Crippen LogP contribution is 2.19. The third-order valence-electron chi connectivity index (χ3n) is 15.1. The summed E-state index contributed by atoms with van der Waals surface area (Å²) in [6, 6.07) is -6.74. The second-order valence-corrected chi connectivity index (χ2v) is 23.9. The minimum atomic E-state index is -1.77. The first-order valence-electron chi connectivity index (χ1n) is 31.7. The number of guanidine groups is 1. The first-order valence-corrected chi connectivity index (χ1v) is 31.7. The molecule has 1 aromatic carbocycles. The Morgan fingerprint density at radius 1 is 0.553 bits per heavy atom. The molecule has 1 aliphatic heterocycles. The zero-order chi connectivity index (χ0) is 70.8. The van der Waals surface area contributed by atoms with E-state index in [0.717, 1.165) is 6.92 Å². The number of hydrogen-bond acceptors (Lipinski definition) is 19. The Kier molecular flexibility index (Phi) is 36.9. The smallest absolute Gasteiger partial charge is 0.245 e. The molecular formula is C60H102N18O16. The monoisotopic (exact) mass is 1330 g/mol. The lowest BCUT2D eigenvalue weighted by molar-refractivity contribution is -0.140. The fraction of sp³-hybridized carbons (Fsp3) is 0.667. The summed E-state index contributed by atoms with van der Waals surface area (Å²) >= 11 is 0. The number of benzene rings is 1. The molecule has 24 N–H and O–H groups in total. The molecule has 1 fully saturated rings. The van der Waals surface area contributed by atoms with E-state index in [9.17, 15) is 77.6 Å². The first-order chi connectivity index (χ1) is 44.4. The van der Waals surface area contributed by atoms with Crippen molar-refractivity contribution < 1.29 is 77.6 Å². The van der Waals surface area contributed by atoms with E-state index in [1.165, 1.54) is 18.7 Å². The van der Waals surface area contributed by atoms with Crippen molar-refractivity contribution in [2.75, 3.05) is 45.9 Å². The number of aliphatic hydroxyl groups is 3. The molecule has 1 heterocycles. The van der Waals surface area contributed by atoms with Gasteiger partial charge in [0.15, 0.2) is 5.96 Å². The van der Waals surface area contributed by atoms with Crippen molar-refractivity contribution >= 4 is 82.8 Å². The molecule has 0 bridgehead atoms. The number of rotatable bonds is 43. The van der Waals surface area contributed by atoms with Gasteiger partial charge in [-0.1, -0.05) is 58.0 Å². The van der Waals surface area contributed by atoms with Gasteiger partial charge in [-0.3, -0.25) is 67.3 Å². The predicted molar refractivity (Wildman–Crippen MR) is 344 cm³/mol. The van der Waals surface area contributed by atoms with Crippen LogP contribution in [0.2, 0.25) is 0 Å². The van der Waals surface area contributed by atoms with Gasteiger partial charge >= 0.3 is 0 Å². The van der Waals surface area contributed by atoms with E-state index in [1.54, 1.807) is 58.0 Å². The van der Waals surface area contributed by atoms with Crippen LogP contribution in [0.3, 0.4) is 0 Å². The highest BCUT2D eigenvalue weighted by atomic mass is 16.3. The molecule has 2 rings (SSSR count). The Bertz CT molecular complexity index is 2720. The number of nitrogens with one attached hydrogen (secondary N) is 11. The zero-order valence-electron chi connectivity index (χ0n) is 54.8. The normalized spacial score (nSPS) is 16.3. The van der Waals surface area contributed by atoms with Gasteiger partial charge in [-0.15, -0.1) is 0 Å².